The van der Waals surface area contributed by atoms with Crippen LogP contribution in [0.15, 0.2) is 60.7 Å². The van der Waals surface area contributed by atoms with Gasteiger partial charge in [-0.2, -0.15) is 5.26 Å². The Morgan fingerprint density at radius 2 is 1.75 bits per heavy atom. The number of amides is 1. The van der Waals surface area contributed by atoms with Crippen LogP contribution in [0.25, 0.3) is 10.8 Å². The Labute approximate surface area is 211 Å². The van der Waals surface area contributed by atoms with E-state index in [2.05, 4.69) is 6.07 Å². The van der Waals surface area contributed by atoms with Crippen LogP contribution in [0.2, 0.25) is 0 Å². The molecular formula is C29H30N2O5. The summed E-state index contributed by atoms with van der Waals surface area (Å²) in [7, 11) is 0. The fourth-order valence-electron chi connectivity index (χ4n) is 4.07. The number of nitriles is 1. The number of para-hydroxylation sites is 2. The van der Waals surface area contributed by atoms with Crippen molar-refractivity contribution in [3.8, 4) is 17.6 Å². The molecule has 0 unspecified atom stereocenters. The van der Waals surface area contributed by atoms with Crippen molar-refractivity contribution in [1.82, 2.24) is 4.90 Å². The molecule has 0 bridgehead atoms. The molecule has 0 N–H and O–H groups in total. The monoisotopic (exact) mass is 486 g/mol. The highest BCUT2D eigenvalue weighted by Crippen LogP contribution is 2.30. The summed E-state index contributed by atoms with van der Waals surface area (Å²) in [6, 6.07) is 20.7. The van der Waals surface area contributed by atoms with E-state index in [0.717, 1.165) is 16.3 Å². The number of esters is 1. The van der Waals surface area contributed by atoms with Gasteiger partial charge in [-0.1, -0.05) is 36.4 Å². The highest BCUT2D eigenvalue weighted by Gasteiger charge is 2.31. The Hall–Kier alpha value is -4.05. The first-order valence-electron chi connectivity index (χ1n) is 12.1. The van der Waals surface area contributed by atoms with Crippen LogP contribution in [-0.4, -0.2) is 41.8 Å². The predicted octanol–water partition coefficient (Wildman–Crippen LogP) is 5.64. The van der Waals surface area contributed by atoms with Crippen LogP contribution in [0.3, 0.4) is 0 Å². The van der Waals surface area contributed by atoms with Gasteiger partial charge in [0.15, 0.2) is 11.5 Å². The molecule has 0 radical (unpaired) electrons. The largest absolute Gasteiger partial charge is 0.485 e. The minimum Gasteiger partial charge on any atom is -0.485 e. The van der Waals surface area contributed by atoms with E-state index in [0.29, 0.717) is 43.0 Å². The van der Waals surface area contributed by atoms with Gasteiger partial charge in [-0.15, -0.1) is 0 Å². The average molecular weight is 487 g/mol. The van der Waals surface area contributed by atoms with Gasteiger partial charge in [-0.3, -0.25) is 4.79 Å². The maximum absolute atomic E-state index is 12.6. The SMILES string of the molecule is CC(C)(C)OC(=O)N1CC[C@H](Oc2ccccc2OC(=O)CCc2ccc3cc(C#N)ccc3c2)C1. The second kappa shape index (κ2) is 10.7. The maximum Gasteiger partial charge on any atom is 0.410 e. The highest BCUT2D eigenvalue weighted by molar-refractivity contribution is 5.84. The summed E-state index contributed by atoms with van der Waals surface area (Å²) in [6.07, 6.45) is 0.848. The molecule has 3 aromatic rings. The third-order valence-corrected chi connectivity index (χ3v) is 5.81. The van der Waals surface area contributed by atoms with Gasteiger partial charge in [-0.25, -0.2) is 4.79 Å². The fraction of sp³-hybridized carbons (Fsp3) is 0.345. The van der Waals surface area contributed by atoms with Gasteiger partial charge in [0.05, 0.1) is 18.2 Å². The second-order valence-electron chi connectivity index (χ2n) is 9.88. The Morgan fingerprint density at radius 3 is 2.50 bits per heavy atom. The molecule has 7 heteroatoms. The first kappa shape index (κ1) is 25.1. The number of carbonyl (C=O) groups is 2. The number of fused-ring (bicyclic) bond motifs is 1. The van der Waals surface area contributed by atoms with Crippen LogP contribution in [0.5, 0.6) is 11.5 Å². The topological polar surface area (TPSA) is 88.9 Å². The van der Waals surface area contributed by atoms with Crippen LogP contribution in [-0.2, 0) is 16.0 Å². The number of ether oxygens (including phenoxy) is 3. The van der Waals surface area contributed by atoms with E-state index in [1.807, 2.05) is 57.2 Å². The van der Waals surface area contributed by atoms with Gasteiger partial charge in [0.1, 0.15) is 11.7 Å². The molecule has 0 spiro atoms. The van der Waals surface area contributed by atoms with Crippen LogP contribution in [0.4, 0.5) is 4.79 Å². The molecule has 4 rings (SSSR count). The van der Waals surface area contributed by atoms with Gasteiger partial charge < -0.3 is 19.1 Å². The lowest BCUT2D eigenvalue weighted by Gasteiger charge is -2.24. The van der Waals surface area contributed by atoms with Gasteiger partial charge >= 0.3 is 12.1 Å². The molecule has 0 saturated carbocycles. The molecule has 0 aromatic heterocycles. The summed E-state index contributed by atoms with van der Waals surface area (Å²) < 4.78 is 17.2. The first-order chi connectivity index (χ1) is 17.2. The number of likely N-dealkylation sites (tertiary alicyclic amines) is 1. The third-order valence-electron chi connectivity index (χ3n) is 5.81. The van der Waals surface area contributed by atoms with Gasteiger partial charge in [-0.05, 0) is 67.8 Å². The van der Waals surface area contributed by atoms with E-state index >= 15 is 0 Å². The molecule has 1 atom stereocenters. The number of aryl methyl sites for hydroxylation is 1. The predicted molar refractivity (Wildman–Crippen MR) is 136 cm³/mol. The van der Waals surface area contributed by atoms with Crippen molar-refractivity contribution in [3.05, 3.63) is 71.8 Å². The van der Waals surface area contributed by atoms with Crippen LogP contribution in [0.1, 0.15) is 44.7 Å². The summed E-state index contributed by atoms with van der Waals surface area (Å²) in [4.78, 5) is 26.6. The zero-order chi connectivity index (χ0) is 25.7. The summed E-state index contributed by atoms with van der Waals surface area (Å²) in [5.41, 5.74) is 1.08. The number of benzene rings is 3. The maximum atomic E-state index is 12.6. The molecule has 1 aliphatic heterocycles. The van der Waals surface area contributed by atoms with Crippen molar-refractivity contribution in [2.45, 2.75) is 51.7 Å². The van der Waals surface area contributed by atoms with Crippen LogP contribution >= 0.6 is 0 Å². The van der Waals surface area contributed by atoms with Crippen LogP contribution in [0, 0.1) is 11.3 Å². The second-order valence-corrected chi connectivity index (χ2v) is 9.88. The number of rotatable bonds is 6. The molecule has 1 aliphatic rings. The molecule has 1 saturated heterocycles. The zero-order valence-corrected chi connectivity index (χ0v) is 20.8. The van der Waals surface area contributed by atoms with E-state index < -0.39 is 5.60 Å². The Kier molecular flexibility index (Phi) is 7.44. The molecule has 3 aromatic carbocycles. The van der Waals surface area contributed by atoms with Crippen LogP contribution < -0.4 is 9.47 Å². The minimum absolute atomic E-state index is 0.212. The van der Waals surface area contributed by atoms with E-state index in [1.165, 1.54) is 0 Å². The summed E-state index contributed by atoms with van der Waals surface area (Å²) in [5.74, 6) is 0.481. The van der Waals surface area contributed by atoms with Crippen molar-refractivity contribution in [3.63, 3.8) is 0 Å². The molecule has 36 heavy (non-hydrogen) atoms. The van der Waals surface area contributed by atoms with Crippen molar-refractivity contribution >= 4 is 22.8 Å². The van der Waals surface area contributed by atoms with E-state index in [-0.39, 0.29) is 24.6 Å². The molecule has 1 amide bonds. The van der Waals surface area contributed by atoms with Gasteiger partial charge in [0, 0.05) is 19.4 Å². The molecule has 1 heterocycles. The normalized spacial score (nSPS) is 15.4. The molecular weight excluding hydrogens is 456 g/mol. The molecule has 1 fully saturated rings. The van der Waals surface area contributed by atoms with Gasteiger partial charge in [0.25, 0.3) is 0 Å². The lowest BCUT2D eigenvalue weighted by Crippen LogP contribution is -2.36. The fourth-order valence-corrected chi connectivity index (χ4v) is 4.07. The summed E-state index contributed by atoms with van der Waals surface area (Å²) in [6.45, 7) is 6.47. The number of hydrogen-bond donors (Lipinski definition) is 0. The van der Waals surface area contributed by atoms with Crippen molar-refractivity contribution < 1.29 is 23.8 Å². The van der Waals surface area contributed by atoms with Crippen molar-refractivity contribution in [2.24, 2.45) is 0 Å². The summed E-state index contributed by atoms with van der Waals surface area (Å²) >= 11 is 0. The third kappa shape index (κ3) is 6.54. The van der Waals surface area contributed by atoms with Crippen molar-refractivity contribution in [1.29, 1.82) is 5.26 Å². The first-order valence-corrected chi connectivity index (χ1v) is 12.1. The Morgan fingerprint density at radius 1 is 1.03 bits per heavy atom. The quantitative estimate of drug-likeness (QED) is 0.331. The van der Waals surface area contributed by atoms with E-state index in [4.69, 9.17) is 19.5 Å². The Bertz CT molecular complexity index is 1300. The minimum atomic E-state index is -0.551. The van der Waals surface area contributed by atoms with Gasteiger partial charge in [0.2, 0.25) is 0 Å². The Balaban J connectivity index is 1.33. The number of carbonyl (C=O) groups excluding carboxylic acids is 2. The smallest absolute Gasteiger partial charge is 0.410 e. The lowest BCUT2D eigenvalue weighted by molar-refractivity contribution is -0.134. The highest BCUT2D eigenvalue weighted by atomic mass is 16.6. The molecule has 186 valence electrons. The number of nitrogens with zero attached hydrogens (tertiary/aromatic N) is 2. The lowest BCUT2D eigenvalue weighted by atomic mass is 10.0. The zero-order valence-electron chi connectivity index (χ0n) is 20.8. The van der Waals surface area contributed by atoms with E-state index in [1.54, 1.807) is 29.2 Å². The standard InChI is InChI=1S/C29H30N2O5/c1-29(2,3)36-28(33)31-15-14-24(19-31)34-25-6-4-5-7-26(25)35-27(32)13-10-20-8-11-23-17-21(18-30)9-12-22(23)16-20/h4-9,11-12,16-17,24H,10,13-15,19H2,1-3H3/t24-/m0/s1. The molecule has 7 nitrogen and oxygen atoms in total. The molecule has 0 aliphatic carbocycles. The van der Waals surface area contributed by atoms with E-state index in [9.17, 15) is 9.59 Å². The number of hydrogen-bond acceptors (Lipinski definition) is 6. The van der Waals surface area contributed by atoms with Crippen molar-refractivity contribution in [2.75, 3.05) is 13.1 Å². The average Bonchev–Trinajstić information content (AvgIpc) is 3.31. The summed E-state index contributed by atoms with van der Waals surface area (Å²) in [5, 5.41) is 11.1.